The molecular weight excluding hydrogens is 458 g/mol. The summed E-state index contributed by atoms with van der Waals surface area (Å²) in [6.07, 6.45) is 1.65. The van der Waals surface area contributed by atoms with Crippen molar-refractivity contribution < 1.29 is 22.4 Å². The molecular formula is C27H29F4N3O. The molecule has 35 heavy (non-hydrogen) atoms. The van der Waals surface area contributed by atoms with Crippen molar-refractivity contribution >= 4 is 17.3 Å². The highest BCUT2D eigenvalue weighted by molar-refractivity contribution is 5.94. The number of likely N-dealkylation sites (tertiary alicyclic amines) is 1. The molecule has 4 nitrogen and oxygen atoms in total. The number of pyridine rings is 1. The Labute approximate surface area is 203 Å². The minimum atomic E-state index is -4.70. The molecule has 0 aliphatic carbocycles. The first kappa shape index (κ1) is 26.2. The van der Waals surface area contributed by atoms with Gasteiger partial charge < -0.3 is 10.2 Å². The molecule has 0 spiro atoms. The van der Waals surface area contributed by atoms with Gasteiger partial charge in [-0.05, 0) is 62.9 Å². The molecule has 1 aliphatic rings. The number of hydrogen-bond acceptors (Lipinski definition) is 3. The maximum absolute atomic E-state index is 13.5. The standard InChI is InChI=1S/C27H29F4N3O/c1-3-4-5-24(27(29,30)31)23(16-28)22-10-11-25(33-18-22)32-17-20-12-14-34(15-13-20)26(35)21-8-6-19(2)7-9-21/h3-11,16,18,20H,12-15,17H2,1-2H3,(H,32,33)/b4-3-,23-16+,24-5+. The molecule has 1 aromatic heterocycles. The van der Waals surface area contributed by atoms with Crippen LogP contribution in [0.4, 0.5) is 23.4 Å². The van der Waals surface area contributed by atoms with Crippen LogP contribution in [0.5, 0.6) is 0 Å². The molecule has 1 fully saturated rings. The molecule has 186 valence electrons. The number of nitrogens with zero attached hydrogens (tertiary/aromatic N) is 2. The van der Waals surface area contributed by atoms with E-state index in [4.69, 9.17) is 0 Å². The molecule has 0 bridgehead atoms. The third kappa shape index (κ3) is 7.04. The molecule has 8 heteroatoms. The number of aromatic nitrogens is 1. The number of rotatable bonds is 7. The highest BCUT2D eigenvalue weighted by Gasteiger charge is 2.36. The van der Waals surface area contributed by atoms with Gasteiger partial charge in [-0.25, -0.2) is 9.37 Å². The minimum Gasteiger partial charge on any atom is -0.370 e. The van der Waals surface area contributed by atoms with Gasteiger partial charge in [0.25, 0.3) is 5.91 Å². The number of carbonyl (C=O) groups is 1. The highest BCUT2D eigenvalue weighted by atomic mass is 19.4. The smallest absolute Gasteiger partial charge is 0.370 e. The molecule has 1 amide bonds. The lowest BCUT2D eigenvalue weighted by molar-refractivity contribution is -0.0871. The van der Waals surface area contributed by atoms with Gasteiger partial charge in [-0.3, -0.25) is 4.79 Å². The molecule has 0 saturated carbocycles. The number of halogens is 4. The summed E-state index contributed by atoms with van der Waals surface area (Å²) in [6, 6.07) is 10.5. The van der Waals surface area contributed by atoms with Crippen molar-refractivity contribution in [2.45, 2.75) is 32.9 Å². The number of anilines is 1. The van der Waals surface area contributed by atoms with Crippen LogP contribution in [0.15, 0.2) is 72.7 Å². The van der Waals surface area contributed by atoms with Crippen LogP contribution in [0, 0.1) is 12.8 Å². The highest BCUT2D eigenvalue weighted by Crippen LogP contribution is 2.36. The Morgan fingerprint density at radius 1 is 1.11 bits per heavy atom. The van der Waals surface area contributed by atoms with E-state index in [1.807, 2.05) is 36.1 Å². The molecule has 1 saturated heterocycles. The van der Waals surface area contributed by atoms with E-state index in [0.717, 1.165) is 24.5 Å². The first-order valence-corrected chi connectivity index (χ1v) is 11.5. The van der Waals surface area contributed by atoms with Crippen LogP contribution in [0.3, 0.4) is 0 Å². The van der Waals surface area contributed by atoms with Crippen molar-refractivity contribution in [1.29, 1.82) is 0 Å². The van der Waals surface area contributed by atoms with Crippen LogP contribution in [0.2, 0.25) is 0 Å². The average Bonchev–Trinajstić information content (AvgIpc) is 2.85. The quantitative estimate of drug-likeness (QED) is 0.348. The number of hydrogen-bond donors (Lipinski definition) is 1. The lowest BCUT2D eigenvalue weighted by atomic mass is 9.96. The van der Waals surface area contributed by atoms with Gasteiger partial charge in [-0.2, -0.15) is 13.2 Å². The molecule has 0 atom stereocenters. The second-order valence-electron chi connectivity index (χ2n) is 8.54. The number of amides is 1. The Balaban J connectivity index is 1.55. The third-order valence-corrected chi connectivity index (χ3v) is 6.01. The van der Waals surface area contributed by atoms with Crippen molar-refractivity contribution in [3.63, 3.8) is 0 Å². The van der Waals surface area contributed by atoms with E-state index in [9.17, 15) is 22.4 Å². The fourth-order valence-corrected chi connectivity index (χ4v) is 3.93. The van der Waals surface area contributed by atoms with Crippen LogP contribution in [0.25, 0.3) is 5.57 Å². The Morgan fingerprint density at radius 3 is 2.31 bits per heavy atom. The Hall–Kier alpha value is -3.42. The van der Waals surface area contributed by atoms with E-state index in [1.54, 1.807) is 13.0 Å². The number of alkyl halides is 3. The fraction of sp³-hybridized carbons (Fsp3) is 0.333. The monoisotopic (exact) mass is 487 g/mol. The van der Waals surface area contributed by atoms with Gasteiger partial charge in [-0.15, -0.1) is 0 Å². The zero-order chi connectivity index (χ0) is 25.4. The van der Waals surface area contributed by atoms with Crippen molar-refractivity contribution in [1.82, 2.24) is 9.88 Å². The van der Waals surface area contributed by atoms with E-state index in [1.165, 1.54) is 24.4 Å². The summed E-state index contributed by atoms with van der Waals surface area (Å²) in [5, 5.41) is 3.20. The summed E-state index contributed by atoms with van der Waals surface area (Å²) in [5.74, 6) is 0.864. The summed E-state index contributed by atoms with van der Waals surface area (Å²) in [5.41, 5.74) is 0.185. The Kier molecular flexibility index (Phi) is 8.84. The second-order valence-corrected chi connectivity index (χ2v) is 8.54. The Morgan fingerprint density at radius 2 is 1.77 bits per heavy atom. The van der Waals surface area contributed by atoms with E-state index < -0.39 is 17.3 Å². The summed E-state index contributed by atoms with van der Waals surface area (Å²) in [7, 11) is 0. The van der Waals surface area contributed by atoms with Crippen molar-refractivity contribution in [3.05, 3.63) is 89.4 Å². The van der Waals surface area contributed by atoms with E-state index >= 15 is 0 Å². The minimum absolute atomic E-state index is 0.0343. The van der Waals surface area contributed by atoms with Gasteiger partial charge in [0.05, 0.1) is 11.9 Å². The molecule has 1 aliphatic heterocycles. The average molecular weight is 488 g/mol. The zero-order valence-electron chi connectivity index (χ0n) is 19.8. The van der Waals surface area contributed by atoms with Crippen molar-refractivity contribution in [2.75, 3.05) is 25.0 Å². The summed E-state index contributed by atoms with van der Waals surface area (Å²) < 4.78 is 53.6. The molecule has 0 unspecified atom stereocenters. The van der Waals surface area contributed by atoms with Gasteiger partial charge in [0.15, 0.2) is 0 Å². The number of piperidine rings is 1. The third-order valence-electron chi connectivity index (χ3n) is 6.01. The summed E-state index contributed by atoms with van der Waals surface area (Å²) in [4.78, 5) is 18.7. The molecule has 3 rings (SSSR count). The number of aryl methyl sites for hydroxylation is 1. The van der Waals surface area contributed by atoms with Crippen LogP contribution < -0.4 is 5.32 Å². The lowest BCUT2D eigenvalue weighted by Gasteiger charge is -2.32. The van der Waals surface area contributed by atoms with Crippen LogP contribution in [-0.4, -0.2) is 41.6 Å². The van der Waals surface area contributed by atoms with E-state index in [2.05, 4.69) is 10.3 Å². The SMILES string of the molecule is C\C=C/C=C(\C(=C\F)c1ccc(NCC2CCN(C(=O)c3ccc(C)cc3)CC2)nc1)C(F)(F)F. The number of benzene rings is 1. The first-order valence-electron chi connectivity index (χ1n) is 11.5. The zero-order valence-corrected chi connectivity index (χ0v) is 19.8. The predicted octanol–water partition coefficient (Wildman–Crippen LogP) is 6.73. The second kappa shape index (κ2) is 11.8. The fourth-order valence-electron chi connectivity index (χ4n) is 3.93. The predicted molar refractivity (Wildman–Crippen MR) is 131 cm³/mol. The maximum Gasteiger partial charge on any atom is 0.417 e. The van der Waals surface area contributed by atoms with Crippen molar-refractivity contribution in [2.24, 2.45) is 5.92 Å². The van der Waals surface area contributed by atoms with Gasteiger partial charge in [0.2, 0.25) is 0 Å². The van der Waals surface area contributed by atoms with Gasteiger partial charge in [0.1, 0.15) is 5.82 Å². The summed E-state index contributed by atoms with van der Waals surface area (Å²) in [6.45, 7) is 5.51. The summed E-state index contributed by atoms with van der Waals surface area (Å²) >= 11 is 0. The van der Waals surface area contributed by atoms with Crippen molar-refractivity contribution in [3.8, 4) is 0 Å². The molecule has 1 N–H and O–H groups in total. The molecule has 0 radical (unpaired) electrons. The number of carbonyl (C=O) groups excluding carboxylic acids is 1. The van der Waals surface area contributed by atoms with Gasteiger partial charge in [-0.1, -0.05) is 29.8 Å². The topological polar surface area (TPSA) is 45.2 Å². The van der Waals surface area contributed by atoms with Gasteiger partial charge >= 0.3 is 6.18 Å². The van der Waals surface area contributed by atoms with Gasteiger partial charge in [0, 0.05) is 42.5 Å². The Bertz CT molecular complexity index is 1080. The molecule has 2 aromatic rings. The molecule has 2 heterocycles. The number of nitrogens with one attached hydrogen (secondary N) is 1. The van der Waals surface area contributed by atoms with E-state index in [-0.39, 0.29) is 17.8 Å². The van der Waals surface area contributed by atoms with Crippen LogP contribution in [0.1, 0.15) is 41.3 Å². The largest absolute Gasteiger partial charge is 0.417 e. The lowest BCUT2D eigenvalue weighted by Crippen LogP contribution is -2.39. The first-order chi connectivity index (χ1) is 16.7. The normalized spacial score (nSPS) is 16.1. The maximum atomic E-state index is 13.5. The van der Waals surface area contributed by atoms with Crippen LogP contribution in [-0.2, 0) is 0 Å². The van der Waals surface area contributed by atoms with Crippen LogP contribution >= 0.6 is 0 Å². The molecule has 1 aromatic carbocycles. The number of allylic oxidation sites excluding steroid dienone is 5. The van der Waals surface area contributed by atoms with E-state index in [0.29, 0.717) is 36.9 Å².